The fourth-order valence-electron chi connectivity index (χ4n) is 0.667. The Bertz CT molecular complexity index is 261. The number of hydrogen-bond donors (Lipinski definition) is 0. The standard InChI is InChI=1S/C7H6F8O/c1-2-16-4(3-5(8,9)10)6(11,12)7(13,14)15/h3H,2H2,1H3. The van der Waals surface area contributed by atoms with E-state index in [0.717, 1.165) is 6.92 Å². The Morgan fingerprint density at radius 1 is 1.00 bits per heavy atom. The molecule has 1 nitrogen and oxygen atoms in total. The monoisotopic (exact) mass is 258 g/mol. The Morgan fingerprint density at radius 2 is 1.44 bits per heavy atom. The molecule has 0 unspecified atom stereocenters. The lowest BCUT2D eigenvalue weighted by molar-refractivity contribution is -0.277. The Morgan fingerprint density at radius 3 is 1.69 bits per heavy atom. The number of allylic oxidation sites excluding steroid dienone is 2. The lowest BCUT2D eigenvalue weighted by Gasteiger charge is -2.22. The van der Waals surface area contributed by atoms with Crippen LogP contribution in [-0.4, -0.2) is 24.9 Å². The highest BCUT2D eigenvalue weighted by atomic mass is 19.4. The van der Waals surface area contributed by atoms with Gasteiger partial charge in [-0.05, 0) is 6.92 Å². The average molecular weight is 258 g/mol. The molecule has 0 N–H and O–H groups in total. The van der Waals surface area contributed by atoms with Gasteiger partial charge in [0.15, 0.2) is 5.76 Å². The minimum absolute atomic E-state index is 0.742. The zero-order valence-corrected chi connectivity index (χ0v) is 7.72. The van der Waals surface area contributed by atoms with Crippen molar-refractivity contribution in [3.63, 3.8) is 0 Å². The summed E-state index contributed by atoms with van der Waals surface area (Å²) in [7, 11) is 0. The van der Waals surface area contributed by atoms with E-state index in [1.165, 1.54) is 0 Å². The molecule has 0 aliphatic heterocycles. The second-order valence-electron chi connectivity index (χ2n) is 2.56. The van der Waals surface area contributed by atoms with E-state index in [2.05, 4.69) is 4.74 Å². The first kappa shape index (κ1) is 15.0. The number of ether oxygens (including phenoxy) is 1. The van der Waals surface area contributed by atoms with Crippen molar-refractivity contribution < 1.29 is 39.9 Å². The quantitative estimate of drug-likeness (QED) is 0.554. The summed E-state index contributed by atoms with van der Waals surface area (Å²) in [5.41, 5.74) is 0. The van der Waals surface area contributed by atoms with Crippen LogP contribution in [0.25, 0.3) is 0 Å². The topological polar surface area (TPSA) is 9.23 Å². The van der Waals surface area contributed by atoms with Crippen molar-refractivity contribution in [2.75, 3.05) is 6.61 Å². The molecule has 0 fully saturated rings. The maximum absolute atomic E-state index is 12.5. The van der Waals surface area contributed by atoms with Gasteiger partial charge in [0.25, 0.3) is 0 Å². The molecule has 0 rings (SSSR count). The van der Waals surface area contributed by atoms with Crippen molar-refractivity contribution in [1.82, 2.24) is 0 Å². The second-order valence-corrected chi connectivity index (χ2v) is 2.56. The highest BCUT2D eigenvalue weighted by Crippen LogP contribution is 2.42. The van der Waals surface area contributed by atoms with E-state index in [4.69, 9.17) is 0 Å². The molecule has 0 spiro atoms. The van der Waals surface area contributed by atoms with Crippen molar-refractivity contribution in [3.05, 3.63) is 11.8 Å². The van der Waals surface area contributed by atoms with Crippen LogP contribution in [0.5, 0.6) is 0 Å². The van der Waals surface area contributed by atoms with E-state index in [0.29, 0.717) is 0 Å². The highest BCUT2D eigenvalue weighted by molar-refractivity contribution is 5.11. The Hall–Kier alpha value is -1.02. The van der Waals surface area contributed by atoms with Gasteiger partial charge in [-0.3, -0.25) is 0 Å². The summed E-state index contributed by atoms with van der Waals surface area (Å²) in [4.78, 5) is 0. The van der Waals surface area contributed by atoms with E-state index in [1.54, 1.807) is 0 Å². The lowest BCUT2D eigenvalue weighted by Crippen LogP contribution is -2.39. The normalized spacial score (nSPS) is 15.2. The zero-order valence-electron chi connectivity index (χ0n) is 7.72. The van der Waals surface area contributed by atoms with Gasteiger partial charge in [-0.2, -0.15) is 35.1 Å². The molecule has 0 heterocycles. The van der Waals surface area contributed by atoms with Crippen molar-refractivity contribution in [3.8, 4) is 0 Å². The van der Waals surface area contributed by atoms with Crippen LogP contribution >= 0.6 is 0 Å². The first-order valence-corrected chi connectivity index (χ1v) is 3.79. The smallest absolute Gasteiger partial charge is 0.461 e. The molecule has 0 saturated carbocycles. The molecule has 0 bridgehead atoms. The van der Waals surface area contributed by atoms with Crippen LogP contribution in [0, 0.1) is 0 Å². The van der Waals surface area contributed by atoms with E-state index >= 15 is 0 Å². The van der Waals surface area contributed by atoms with Crippen molar-refractivity contribution in [1.29, 1.82) is 0 Å². The predicted molar refractivity (Wildman–Crippen MR) is 36.8 cm³/mol. The van der Waals surface area contributed by atoms with Gasteiger partial charge < -0.3 is 4.74 Å². The Balaban J connectivity index is 5.30. The molecule has 0 aromatic rings. The third-order valence-electron chi connectivity index (χ3n) is 1.26. The van der Waals surface area contributed by atoms with E-state index < -0.39 is 36.7 Å². The van der Waals surface area contributed by atoms with Gasteiger partial charge >= 0.3 is 18.3 Å². The van der Waals surface area contributed by atoms with Gasteiger partial charge in [0, 0.05) is 0 Å². The van der Waals surface area contributed by atoms with Gasteiger partial charge in [0.1, 0.15) is 0 Å². The van der Waals surface area contributed by atoms with Gasteiger partial charge in [-0.15, -0.1) is 0 Å². The molecular weight excluding hydrogens is 252 g/mol. The molecular formula is C7H6F8O. The van der Waals surface area contributed by atoms with E-state index in [-0.39, 0.29) is 0 Å². The van der Waals surface area contributed by atoms with Crippen LogP contribution < -0.4 is 0 Å². The molecule has 0 atom stereocenters. The molecule has 0 amide bonds. The van der Waals surface area contributed by atoms with Gasteiger partial charge in [0.05, 0.1) is 12.7 Å². The van der Waals surface area contributed by atoms with Crippen LogP contribution in [-0.2, 0) is 4.74 Å². The van der Waals surface area contributed by atoms with Gasteiger partial charge in [0.2, 0.25) is 0 Å². The first-order chi connectivity index (χ1) is 6.92. The summed E-state index contributed by atoms with van der Waals surface area (Å²) in [5, 5.41) is 0. The summed E-state index contributed by atoms with van der Waals surface area (Å²) >= 11 is 0. The minimum atomic E-state index is -6.14. The summed E-state index contributed by atoms with van der Waals surface area (Å²) in [6.07, 6.45) is -12.7. The van der Waals surface area contributed by atoms with Crippen LogP contribution in [0.2, 0.25) is 0 Å². The third kappa shape index (κ3) is 3.86. The predicted octanol–water partition coefficient (Wildman–Crippen LogP) is 3.67. The number of halogens is 8. The van der Waals surface area contributed by atoms with Gasteiger partial charge in [-0.25, -0.2) is 0 Å². The first-order valence-electron chi connectivity index (χ1n) is 3.79. The summed E-state index contributed by atoms with van der Waals surface area (Å²) in [5.74, 6) is -8.13. The van der Waals surface area contributed by atoms with Crippen molar-refractivity contribution >= 4 is 0 Å². The zero-order chi connectivity index (χ0) is 13.2. The fraction of sp³-hybridized carbons (Fsp3) is 0.714. The SMILES string of the molecule is CCOC(=CC(F)(F)F)C(F)(F)C(F)(F)F. The molecule has 0 aromatic carbocycles. The van der Waals surface area contributed by atoms with Crippen LogP contribution in [0.3, 0.4) is 0 Å². The third-order valence-corrected chi connectivity index (χ3v) is 1.26. The maximum atomic E-state index is 12.5. The fourth-order valence-corrected chi connectivity index (χ4v) is 0.667. The molecule has 96 valence electrons. The Labute approximate surface area is 84.7 Å². The number of alkyl halides is 8. The average Bonchev–Trinajstić information content (AvgIpc) is 1.98. The second kappa shape index (κ2) is 4.46. The van der Waals surface area contributed by atoms with Crippen molar-refractivity contribution in [2.24, 2.45) is 0 Å². The Kier molecular flexibility index (Phi) is 4.18. The minimum Gasteiger partial charge on any atom is -0.492 e. The highest BCUT2D eigenvalue weighted by Gasteiger charge is 2.62. The van der Waals surface area contributed by atoms with Crippen molar-refractivity contribution in [2.45, 2.75) is 25.2 Å². The molecule has 16 heavy (non-hydrogen) atoms. The molecule has 0 aliphatic rings. The number of hydrogen-bond acceptors (Lipinski definition) is 1. The summed E-state index contributed by atoms with van der Waals surface area (Å²) in [6.45, 7) is 0.240. The molecule has 0 saturated heterocycles. The van der Waals surface area contributed by atoms with Crippen LogP contribution in [0.15, 0.2) is 11.8 Å². The summed E-state index contributed by atoms with van der Waals surface area (Å²) in [6, 6.07) is 0. The van der Waals surface area contributed by atoms with E-state index in [1.807, 2.05) is 0 Å². The van der Waals surface area contributed by atoms with E-state index in [9.17, 15) is 35.1 Å². The largest absolute Gasteiger partial charge is 0.492 e. The van der Waals surface area contributed by atoms with Gasteiger partial charge in [-0.1, -0.05) is 0 Å². The molecule has 0 aliphatic carbocycles. The molecule has 9 heteroatoms. The summed E-state index contributed by atoms with van der Waals surface area (Å²) < 4.78 is 99.0. The lowest BCUT2D eigenvalue weighted by atomic mass is 10.2. The van der Waals surface area contributed by atoms with Crippen LogP contribution in [0.4, 0.5) is 35.1 Å². The maximum Gasteiger partial charge on any atom is 0.461 e. The number of rotatable bonds is 3. The van der Waals surface area contributed by atoms with Crippen LogP contribution in [0.1, 0.15) is 6.92 Å². The molecule has 0 aromatic heterocycles. The molecule has 0 radical (unpaired) electrons.